The Bertz CT molecular complexity index is 355. The number of carbonyl (C=O) groups is 1. The Morgan fingerprint density at radius 1 is 1.38 bits per heavy atom. The molecule has 16 heavy (non-hydrogen) atoms. The maximum atomic E-state index is 11.5. The van der Waals surface area contributed by atoms with E-state index in [1.165, 1.54) is 0 Å². The molecule has 0 aromatic heterocycles. The van der Waals surface area contributed by atoms with Crippen LogP contribution in [0.3, 0.4) is 0 Å². The lowest BCUT2D eigenvalue weighted by Crippen LogP contribution is -2.25. The summed E-state index contributed by atoms with van der Waals surface area (Å²) in [7, 11) is 0. The number of carbonyl (C=O) groups excluding carboxylic acids is 1. The summed E-state index contributed by atoms with van der Waals surface area (Å²) in [4.78, 5) is 11.5. The van der Waals surface area contributed by atoms with Crippen LogP contribution in [0.2, 0.25) is 0 Å². The van der Waals surface area contributed by atoms with Gasteiger partial charge in [-0.2, -0.15) is 0 Å². The van der Waals surface area contributed by atoms with Crippen molar-refractivity contribution in [2.75, 3.05) is 13.2 Å². The first-order chi connectivity index (χ1) is 7.70. The van der Waals surface area contributed by atoms with E-state index in [1.54, 1.807) is 24.3 Å². The van der Waals surface area contributed by atoms with E-state index in [0.717, 1.165) is 0 Å². The van der Waals surface area contributed by atoms with Crippen LogP contribution in [-0.2, 0) is 15.5 Å². The molecule has 0 aliphatic heterocycles. The Morgan fingerprint density at radius 3 is 2.69 bits per heavy atom. The van der Waals surface area contributed by atoms with E-state index in [0.29, 0.717) is 18.5 Å². The van der Waals surface area contributed by atoms with E-state index in [4.69, 9.17) is 0 Å². The quantitative estimate of drug-likeness (QED) is 0.586. The van der Waals surface area contributed by atoms with E-state index < -0.39 is 11.4 Å². The summed E-state index contributed by atoms with van der Waals surface area (Å²) >= 11 is -2.48. The topological polar surface area (TPSA) is 78.5 Å². The molecule has 1 aromatic carbocycles. The van der Waals surface area contributed by atoms with Gasteiger partial charge in [-0.1, -0.05) is 18.2 Å². The van der Waals surface area contributed by atoms with Gasteiger partial charge < -0.3 is 14.1 Å². The highest BCUT2D eigenvalue weighted by Crippen LogP contribution is 1.97. The van der Waals surface area contributed by atoms with E-state index >= 15 is 0 Å². The van der Waals surface area contributed by atoms with Gasteiger partial charge in [0.25, 0.3) is 5.91 Å². The van der Waals surface area contributed by atoms with Gasteiger partial charge in [-0.25, -0.2) is 4.21 Å². The predicted molar refractivity (Wildman–Crippen MR) is 58.3 cm³/mol. The molecule has 0 fully saturated rings. The minimum absolute atomic E-state index is 0.0746. The third kappa shape index (κ3) is 5.01. The minimum Gasteiger partial charge on any atom is -0.750 e. The summed E-state index contributed by atoms with van der Waals surface area (Å²) in [5.41, 5.74) is 0.579. The highest BCUT2D eigenvalue weighted by Gasteiger charge is 2.02. The Hall–Kier alpha value is -1.24. The average molecular weight is 242 g/mol. The lowest BCUT2D eigenvalue weighted by Gasteiger charge is -2.06. The van der Waals surface area contributed by atoms with Gasteiger partial charge in [-0.05, 0) is 18.6 Å². The lowest BCUT2D eigenvalue weighted by molar-refractivity contribution is 0.0952. The summed E-state index contributed by atoms with van der Waals surface area (Å²) in [6, 6.07) is 8.79. The van der Waals surface area contributed by atoms with Gasteiger partial charge in [0, 0.05) is 12.1 Å². The standard InChI is InChI=1S/C10H13NO4S/c12-10(9-5-2-1-3-6-9)11-7-4-8-15-16(13)14/h1-3,5-6H,4,7-8H2,(H,11,12)(H,13,14)/p-1. The zero-order valence-electron chi connectivity index (χ0n) is 8.55. The molecule has 1 amide bonds. The van der Waals surface area contributed by atoms with Crippen molar-refractivity contribution in [1.29, 1.82) is 0 Å². The van der Waals surface area contributed by atoms with Crippen molar-refractivity contribution in [3.8, 4) is 0 Å². The molecule has 1 unspecified atom stereocenters. The Labute approximate surface area is 96.3 Å². The van der Waals surface area contributed by atoms with Gasteiger partial charge in [-0.3, -0.25) is 4.79 Å². The molecule has 0 spiro atoms. The smallest absolute Gasteiger partial charge is 0.251 e. The van der Waals surface area contributed by atoms with Crippen molar-refractivity contribution in [2.45, 2.75) is 6.42 Å². The molecule has 0 radical (unpaired) electrons. The van der Waals surface area contributed by atoms with E-state index in [9.17, 15) is 13.6 Å². The zero-order valence-corrected chi connectivity index (χ0v) is 9.37. The van der Waals surface area contributed by atoms with Gasteiger partial charge in [0.2, 0.25) is 0 Å². The molecule has 1 atom stereocenters. The molecule has 0 heterocycles. The second-order valence-electron chi connectivity index (χ2n) is 3.00. The van der Waals surface area contributed by atoms with Crippen LogP contribution in [0, 0.1) is 0 Å². The molecule has 0 saturated carbocycles. The summed E-state index contributed by atoms with van der Waals surface area (Å²) in [6.07, 6.45) is 0.451. The first-order valence-corrected chi connectivity index (χ1v) is 5.76. The molecule has 6 heteroatoms. The monoisotopic (exact) mass is 242 g/mol. The molecule has 1 N–H and O–H groups in total. The van der Waals surface area contributed by atoms with Gasteiger partial charge in [-0.15, -0.1) is 0 Å². The number of amides is 1. The van der Waals surface area contributed by atoms with Crippen LogP contribution in [0.15, 0.2) is 30.3 Å². The third-order valence-corrected chi connectivity index (χ3v) is 2.18. The Morgan fingerprint density at radius 2 is 2.06 bits per heavy atom. The summed E-state index contributed by atoms with van der Waals surface area (Å²) in [6.45, 7) is 0.454. The van der Waals surface area contributed by atoms with Crippen molar-refractivity contribution in [1.82, 2.24) is 5.32 Å². The highest BCUT2D eigenvalue weighted by atomic mass is 32.2. The maximum absolute atomic E-state index is 11.5. The Balaban J connectivity index is 2.19. The van der Waals surface area contributed by atoms with Crippen LogP contribution in [0.5, 0.6) is 0 Å². The molecule has 0 saturated heterocycles. The summed E-state index contributed by atoms with van der Waals surface area (Å²) in [5, 5.41) is 2.65. The first-order valence-electron chi connectivity index (χ1n) is 4.76. The molecule has 88 valence electrons. The highest BCUT2D eigenvalue weighted by molar-refractivity contribution is 7.74. The van der Waals surface area contributed by atoms with E-state index in [-0.39, 0.29) is 12.5 Å². The van der Waals surface area contributed by atoms with Gasteiger partial charge in [0.15, 0.2) is 0 Å². The van der Waals surface area contributed by atoms with E-state index in [2.05, 4.69) is 9.50 Å². The normalized spacial score (nSPS) is 12.1. The number of rotatable bonds is 6. The Kier molecular flexibility index (Phi) is 5.69. The van der Waals surface area contributed by atoms with Crippen LogP contribution in [0.4, 0.5) is 0 Å². The fourth-order valence-corrected chi connectivity index (χ4v) is 1.35. The van der Waals surface area contributed by atoms with Gasteiger partial charge in [0.1, 0.15) is 0 Å². The second-order valence-corrected chi connectivity index (χ2v) is 3.65. The molecular formula is C10H12NO4S-. The lowest BCUT2D eigenvalue weighted by atomic mass is 10.2. The molecule has 0 aliphatic rings. The molecule has 1 aromatic rings. The third-order valence-electron chi connectivity index (χ3n) is 1.82. The number of hydrogen-bond acceptors (Lipinski definition) is 4. The molecule has 0 bridgehead atoms. The van der Waals surface area contributed by atoms with Crippen molar-refractivity contribution < 1.29 is 17.7 Å². The summed E-state index contributed by atoms with van der Waals surface area (Å²) in [5.74, 6) is -0.177. The van der Waals surface area contributed by atoms with Crippen LogP contribution < -0.4 is 5.32 Å². The summed E-state index contributed by atoms with van der Waals surface area (Å²) < 4.78 is 24.3. The number of hydrogen-bond donors (Lipinski definition) is 1. The molecular weight excluding hydrogens is 230 g/mol. The first kappa shape index (κ1) is 12.8. The molecule has 1 rings (SSSR count). The fraction of sp³-hybridized carbons (Fsp3) is 0.300. The largest absolute Gasteiger partial charge is 0.750 e. The number of benzene rings is 1. The van der Waals surface area contributed by atoms with Crippen LogP contribution in [0.1, 0.15) is 16.8 Å². The SMILES string of the molecule is O=C(NCCCOS(=O)[O-])c1ccccc1. The van der Waals surface area contributed by atoms with Crippen LogP contribution in [-0.4, -0.2) is 27.8 Å². The van der Waals surface area contributed by atoms with E-state index in [1.807, 2.05) is 6.07 Å². The van der Waals surface area contributed by atoms with Crippen LogP contribution >= 0.6 is 0 Å². The van der Waals surface area contributed by atoms with Gasteiger partial charge in [0.05, 0.1) is 18.0 Å². The average Bonchev–Trinajstić information content (AvgIpc) is 2.29. The van der Waals surface area contributed by atoms with Crippen LogP contribution in [0.25, 0.3) is 0 Å². The molecule has 5 nitrogen and oxygen atoms in total. The predicted octanol–water partition coefficient (Wildman–Crippen LogP) is 0.617. The fourth-order valence-electron chi connectivity index (χ4n) is 1.09. The zero-order chi connectivity index (χ0) is 11.8. The van der Waals surface area contributed by atoms with Crippen molar-refractivity contribution in [2.24, 2.45) is 0 Å². The number of nitrogens with one attached hydrogen (secondary N) is 1. The minimum atomic E-state index is -2.48. The maximum Gasteiger partial charge on any atom is 0.251 e. The van der Waals surface area contributed by atoms with Crippen molar-refractivity contribution in [3.05, 3.63) is 35.9 Å². The second kappa shape index (κ2) is 7.10. The van der Waals surface area contributed by atoms with Crippen molar-refractivity contribution in [3.63, 3.8) is 0 Å². The molecule has 0 aliphatic carbocycles. The van der Waals surface area contributed by atoms with Gasteiger partial charge >= 0.3 is 0 Å². The van der Waals surface area contributed by atoms with Crippen molar-refractivity contribution >= 4 is 17.3 Å².